The van der Waals surface area contributed by atoms with Gasteiger partial charge in [-0.3, -0.25) is 4.98 Å². The van der Waals surface area contributed by atoms with Gasteiger partial charge in [0.1, 0.15) is 5.69 Å². The van der Waals surface area contributed by atoms with Crippen molar-refractivity contribution in [3.8, 4) is 11.1 Å². The number of aromatic carboxylic acids is 1. The number of carboxylic acid groups (broad SMARTS) is 1. The number of carboxylic acids is 1. The summed E-state index contributed by atoms with van der Waals surface area (Å²) in [5.41, 5.74) is 1.34. The summed E-state index contributed by atoms with van der Waals surface area (Å²) in [6.45, 7) is 0. The van der Waals surface area contributed by atoms with Gasteiger partial charge in [0.15, 0.2) is 0 Å². The summed E-state index contributed by atoms with van der Waals surface area (Å²) < 4.78 is 0. The fourth-order valence-corrected chi connectivity index (χ4v) is 1.51. The second-order valence-corrected chi connectivity index (χ2v) is 3.50. The van der Waals surface area contributed by atoms with Crippen molar-refractivity contribution >= 4 is 17.6 Å². The molecule has 0 amide bonds. The zero-order valence-electron chi connectivity index (χ0n) is 8.09. The van der Waals surface area contributed by atoms with E-state index in [2.05, 4.69) is 9.97 Å². The lowest BCUT2D eigenvalue weighted by Crippen LogP contribution is -2.00. The smallest absolute Gasteiger partial charge is 0.354 e. The minimum Gasteiger partial charge on any atom is -0.477 e. The van der Waals surface area contributed by atoms with Gasteiger partial charge in [0.25, 0.3) is 0 Å². The predicted molar refractivity (Wildman–Crippen MR) is 59.4 cm³/mol. The topological polar surface area (TPSA) is 63.1 Å². The maximum absolute atomic E-state index is 10.8. The van der Waals surface area contributed by atoms with Crippen LogP contribution in [0.1, 0.15) is 10.5 Å². The summed E-state index contributed by atoms with van der Waals surface area (Å²) in [7, 11) is 0. The van der Waals surface area contributed by atoms with Crippen LogP contribution in [0, 0.1) is 0 Å². The molecule has 0 aliphatic carbocycles. The molecular formula is C11H7ClN2O2. The van der Waals surface area contributed by atoms with Gasteiger partial charge in [-0.25, -0.2) is 9.78 Å². The first-order valence-electron chi connectivity index (χ1n) is 4.47. The quantitative estimate of drug-likeness (QED) is 0.867. The Hall–Kier alpha value is -1.94. The van der Waals surface area contributed by atoms with E-state index in [4.69, 9.17) is 16.7 Å². The zero-order valence-corrected chi connectivity index (χ0v) is 8.85. The molecule has 0 aliphatic rings. The summed E-state index contributed by atoms with van der Waals surface area (Å²) in [6.07, 6.45) is 4.58. The molecule has 0 atom stereocenters. The van der Waals surface area contributed by atoms with Crippen molar-refractivity contribution in [2.75, 3.05) is 0 Å². The van der Waals surface area contributed by atoms with E-state index in [9.17, 15) is 4.79 Å². The Morgan fingerprint density at radius 2 is 2.19 bits per heavy atom. The molecule has 2 aromatic rings. The maximum Gasteiger partial charge on any atom is 0.354 e. The molecule has 5 heteroatoms. The highest BCUT2D eigenvalue weighted by Gasteiger charge is 2.10. The summed E-state index contributed by atoms with van der Waals surface area (Å²) in [4.78, 5) is 18.4. The van der Waals surface area contributed by atoms with Crippen LogP contribution < -0.4 is 0 Å². The monoisotopic (exact) mass is 234 g/mol. The summed E-state index contributed by atoms with van der Waals surface area (Å²) in [6, 6.07) is 4.99. The van der Waals surface area contributed by atoms with Gasteiger partial charge in [-0.05, 0) is 12.1 Å². The van der Waals surface area contributed by atoms with Gasteiger partial charge < -0.3 is 5.11 Å². The van der Waals surface area contributed by atoms with Crippen LogP contribution in [0.5, 0.6) is 0 Å². The highest BCUT2D eigenvalue weighted by molar-refractivity contribution is 6.33. The number of rotatable bonds is 2. The molecule has 0 fully saturated rings. The third kappa shape index (κ3) is 2.01. The van der Waals surface area contributed by atoms with E-state index in [1.165, 1.54) is 12.3 Å². The van der Waals surface area contributed by atoms with Gasteiger partial charge in [0, 0.05) is 29.7 Å². The maximum atomic E-state index is 10.8. The average Bonchev–Trinajstić information content (AvgIpc) is 2.30. The number of halogens is 1. The summed E-state index contributed by atoms with van der Waals surface area (Å²) in [5.74, 6) is -1.08. The molecule has 2 heterocycles. The highest BCUT2D eigenvalue weighted by atomic mass is 35.5. The first-order chi connectivity index (χ1) is 7.68. The van der Waals surface area contributed by atoms with Gasteiger partial charge in [-0.15, -0.1) is 0 Å². The second kappa shape index (κ2) is 4.28. The molecular weight excluding hydrogens is 228 g/mol. The molecule has 0 unspecified atom stereocenters. The number of aromatic nitrogens is 2. The fourth-order valence-electron chi connectivity index (χ4n) is 1.30. The van der Waals surface area contributed by atoms with Crippen molar-refractivity contribution in [3.63, 3.8) is 0 Å². The highest BCUT2D eigenvalue weighted by Crippen LogP contribution is 2.26. The van der Waals surface area contributed by atoms with Gasteiger partial charge in [0.2, 0.25) is 0 Å². The van der Waals surface area contributed by atoms with E-state index >= 15 is 0 Å². The number of hydrogen-bond acceptors (Lipinski definition) is 3. The van der Waals surface area contributed by atoms with Crippen molar-refractivity contribution in [2.45, 2.75) is 0 Å². The Morgan fingerprint density at radius 3 is 2.81 bits per heavy atom. The van der Waals surface area contributed by atoms with E-state index in [1.807, 2.05) is 0 Å². The van der Waals surface area contributed by atoms with Crippen LogP contribution in [0.25, 0.3) is 11.1 Å². The minimum absolute atomic E-state index is 0.0387. The number of pyridine rings is 2. The predicted octanol–water partition coefficient (Wildman–Crippen LogP) is 2.50. The van der Waals surface area contributed by atoms with Crippen LogP contribution in [0.3, 0.4) is 0 Å². The lowest BCUT2D eigenvalue weighted by atomic mass is 10.1. The summed E-state index contributed by atoms with van der Waals surface area (Å²) in [5, 5.41) is 9.23. The zero-order chi connectivity index (χ0) is 11.5. The fraction of sp³-hybridized carbons (Fsp3) is 0. The Labute approximate surface area is 96.6 Å². The third-order valence-electron chi connectivity index (χ3n) is 2.05. The molecule has 2 aromatic heterocycles. The second-order valence-electron chi connectivity index (χ2n) is 3.10. The van der Waals surface area contributed by atoms with Gasteiger partial charge in [-0.2, -0.15) is 0 Å². The molecule has 0 saturated carbocycles. The normalized spacial score (nSPS) is 10.1. The molecule has 1 N–H and O–H groups in total. The number of nitrogens with zero attached hydrogens (tertiary/aromatic N) is 2. The molecule has 16 heavy (non-hydrogen) atoms. The lowest BCUT2D eigenvalue weighted by molar-refractivity contribution is 0.0690. The first kappa shape index (κ1) is 10.6. The van der Waals surface area contributed by atoms with Crippen molar-refractivity contribution in [1.82, 2.24) is 9.97 Å². The molecule has 0 spiro atoms. The van der Waals surface area contributed by atoms with Crippen molar-refractivity contribution < 1.29 is 9.90 Å². The molecule has 0 radical (unpaired) electrons. The van der Waals surface area contributed by atoms with Crippen LogP contribution >= 0.6 is 11.6 Å². The van der Waals surface area contributed by atoms with Crippen LogP contribution in [0.4, 0.5) is 0 Å². The molecule has 0 aromatic carbocycles. The Kier molecular flexibility index (Phi) is 2.83. The van der Waals surface area contributed by atoms with Gasteiger partial charge in [-0.1, -0.05) is 17.7 Å². The van der Waals surface area contributed by atoms with Crippen LogP contribution in [-0.4, -0.2) is 21.0 Å². The minimum atomic E-state index is -1.08. The number of carbonyl (C=O) groups is 1. The molecule has 4 nitrogen and oxygen atoms in total. The van der Waals surface area contributed by atoms with E-state index < -0.39 is 5.97 Å². The van der Waals surface area contributed by atoms with Gasteiger partial charge >= 0.3 is 5.97 Å². The van der Waals surface area contributed by atoms with Crippen molar-refractivity contribution in [1.29, 1.82) is 0 Å². The van der Waals surface area contributed by atoms with E-state index in [1.54, 1.807) is 24.5 Å². The van der Waals surface area contributed by atoms with Gasteiger partial charge in [0.05, 0.1) is 5.02 Å². The average molecular weight is 235 g/mol. The van der Waals surface area contributed by atoms with Crippen molar-refractivity contribution in [2.24, 2.45) is 0 Å². The van der Waals surface area contributed by atoms with E-state index in [0.717, 1.165) is 5.56 Å². The van der Waals surface area contributed by atoms with E-state index in [0.29, 0.717) is 10.6 Å². The largest absolute Gasteiger partial charge is 0.477 e. The lowest BCUT2D eigenvalue weighted by Gasteiger charge is -2.04. The molecule has 2 rings (SSSR count). The Morgan fingerprint density at radius 1 is 1.38 bits per heavy atom. The van der Waals surface area contributed by atoms with E-state index in [-0.39, 0.29) is 5.69 Å². The standard InChI is InChI=1S/C11H7ClN2O2/c12-9-6-14-10(11(15)16)4-8(9)7-2-1-3-13-5-7/h1-6H,(H,15,16). The Bertz CT molecular complexity index is 529. The molecule has 0 saturated heterocycles. The van der Waals surface area contributed by atoms with Crippen LogP contribution in [0.2, 0.25) is 5.02 Å². The third-order valence-corrected chi connectivity index (χ3v) is 2.35. The van der Waals surface area contributed by atoms with Crippen LogP contribution in [-0.2, 0) is 0 Å². The molecule has 0 bridgehead atoms. The van der Waals surface area contributed by atoms with Crippen molar-refractivity contribution in [3.05, 3.63) is 47.5 Å². The first-order valence-corrected chi connectivity index (χ1v) is 4.85. The molecule has 80 valence electrons. The Balaban J connectivity index is 2.56. The summed E-state index contributed by atoms with van der Waals surface area (Å²) >= 11 is 5.95. The SMILES string of the molecule is O=C(O)c1cc(-c2cccnc2)c(Cl)cn1. The molecule has 0 aliphatic heterocycles. The number of hydrogen-bond donors (Lipinski definition) is 1. The van der Waals surface area contributed by atoms with Crippen LogP contribution in [0.15, 0.2) is 36.8 Å².